The summed E-state index contributed by atoms with van der Waals surface area (Å²) >= 11 is 0. The molecule has 0 saturated carbocycles. The molecule has 0 aliphatic rings. The number of nitrogens with one attached hydrogen (secondary N) is 2. The number of methoxy groups -OCH3 is 1. The van der Waals surface area contributed by atoms with Gasteiger partial charge in [0.15, 0.2) is 23.8 Å². The number of aryl methyl sites for hydroxylation is 1. The molecule has 208 valence electrons. The van der Waals surface area contributed by atoms with Gasteiger partial charge in [-0.25, -0.2) is 9.67 Å². The first-order chi connectivity index (χ1) is 20.0. The normalized spacial score (nSPS) is 10.7. The molecule has 5 aromatic rings. The number of nitrogens with zero attached hydrogens (tertiary/aromatic N) is 3. The number of aromatic nitrogens is 3. The van der Waals surface area contributed by atoms with Gasteiger partial charge in [-0.15, -0.1) is 0 Å². The van der Waals surface area contributed by atoms with E-state index < -0.39 is 11.8 Å². The molecule has 2 N–H and O–H groups in total. The van der Waals surface area contributed by atoms with Gasteiger partial charge in [0, 0.05) is 5.56 Å². The number of hydrogen-bond donors (Lipinski definition) is 2. The average Bonchev–Trinajstić information content (AvgIpc) is 3.35. The van der Waals surface area contributed by atoms with Gasteiger partial charge >= 0.3 is 0 Å². The van der Waals surface area contributed by atoms with Crippen molar-refractivity contribution in [3.8, 4) is 34.2 Å². The van der Waals surface area contributed by atoms with E-state index in [-0.39, 0.29) is 6.61 Å². The summed E-state index contributed by atoms with van der Waals surface area (Å²) in [4.78, 5) is 30.9. The lowest BCUT2D eigenvalue weighted by molar-refractivity contribution is -0.123. The maximum absolute atomic E-state index is 13.5. The topological polar surface area (TPSA) is 117 Å². The Kier molecular flexibility index (Phi) is 8.10. The highest BCUT2D eigenvalue weighted by atomic mass is 16.5. The molecule has 5 rings (SSSR count). The highest BCUT2D eigenvalue weighted by molar-refractivity contribution is 6.08. The molecule has 2 amide bonds. The Bertz CT molecular complexity index is 1680. The minimum atomic E-state index is -0.540. The molecule has 0 bridgehead atoms. The van der Waals surface area contributed by atoms with Crippen LogP contribution in [0.25, 0.3) is 28.0 Å². The molecular formula is C31H29N5O5. The monoisotopic (exact) mass is 551 g/mol. The third kappa shape index (κ3) is 5.96. The largest absolute Gasteiger partial charge is 0.497 e. The number of ether oxygens (including phenoxy) is 3. The molecule has 0 spiro atoms. The summed E-state index contributed by atoms with van der Waals surface area (Å²) in [6, 6.07) is 25.7. The van der Waals surface area contributed by atoms with Gasteiger partial charge in [0.2, 0.25) is 0 Å². The Hall–Kier alpha value is -5.38. The Morgan fingerprint density at radius 2 is 1.56 bits per heavy atom. The lowest BCUT2D eigenvalue weighted by Gasteiger charge is -2.13. The van der Waals surface area contributed by atoms with E-state index in [1.165, 1.54) is 0 Å². The molecule has 0 unspecified atom stereocenters. The Balaban J connectivity index is 1.43. The zero-order valence-electron chi connectivity index (χ0n) is 22.9. The van der Waals surface area contributed by atoms with Crippen molar-refractivity contribution in [3.05, 3.63) is 96.2 Å². The van der Waals surface area contributed by atoms with Crippen LogP contribution in [0.2, 0.25) is 0 Å². The second kappa shape index (κ2) is 12.2. The maximum Gasteiger partial charge on any atom is 0.276 e. The van der Waals surface area contributed by atoms with Crippen LogP contribution >= 0.6 is 0 Å². The van der Waals surface area contributed by atoms with Crippen LogP contribution in [0.15, 0.2) is 84.9 Å². The van der Waals surface area contributed by atoms with E-state index in [1.807, 2.05) is 74.5 Å². The first kappa shape index (κ1) is 27.2. The second-order valence-corrected chi connectivity index (χ2v) is 8.99. The van der Waals surface area contributed by atoms with E-state index >= 15 is 0 Å². The van der Waals surface area contributed by atoms with Gasteiger partial charge in [-0.3, -0.25) is 20.4 Å². The summed E-state index contributed by atoms with van der Waals surface area (Å²) in [5, 5.41) is 5.25. The molecule has 2 aromatic heterocycles. The van der Waals surface area contributed by atoms with E-state index in [4.69, 9.17) is 19.2 Å². The number of hydrogen-bond acceptors (Lipinski definition) is 7. The van der Waals surface area contributed by atoms with Gasteiger partial charge in [-0.1, -0.05) is 30.3 Å². The molecule has 0 aliphatic heterocycles. The van der Waals surface area contributed by atoms with Crippen molar-refractivity contribution in [3.63, 3.8) is 0 Å². The SMILES string of the molecule is CCOc1ccccc1OCC(=O)NNC(=O)c1cc(-c2ccc(OC)cc2)nc2c1c(C)nn2-c1ccccc1. The first-order valence-electron chi connectivity index (χ1n) is 13.0. The Labute approximate surface area is 236 Å². The van der Waals surface area contributed by atoms with Crippen LogP contribution in [0.4, 0.5) is 0 Å². The molecule has 0 saturated heterocycles. The molecule has 0 fully saturated rings. The lowest BCUT2D eigenvalue weighted by atomic mass is 10.0. The summed E-state index contributed by atoms with van der Waals surface area (Å²) < 4.78 is 18.1. The third-order valence-electron chi connectivity index (χ3n) is 6.27. The van der Waals surface area contributed by atoms with Crippen molar-refractivity contribution < 1.29 is 23.8 Å². The molecule has 0 aliphatic carbocycles. The van der Waals surface area contributed by atoms with E-state index in [9.17, 15) is 9.59 Å². The second-order valence-electron chi connectivity index (χ2n) is 8.99. The number of fused-ring (bicyclic) bond motifs is 1. The predicted octanol–water partition coefficient (Wildman–Crippen LogP) is 4.64. The summed E-state index contributed by atoms with van der Waals surface area (Å²) in [7, 11) is 1.60. The minimum Gasteiger partial charge on any atom is -0.497 e. The number of para-hydroxylation sites is 3. The smallest absolute Gasteiger partial charge is 0.276 e. The minimum absolute atomic E-state index is 0.309. The summed E-state index contributed by atoms with van der Waals surface area (Å²) in [5.41, 5.74) is 8.51. The molecule has 10 heteroatoms. The van der Waals surface area contributed by atoms with Crippen molar-refractivity contribution in [1.29, 1.82) is 0 Å². The Morgan fingerprint density at radius 1 is 0.878 bits per heavy atom. The fourth-order valence-corrected chi connectivity index (χ4v) is 4.34. The van der Waals surface area contributed by atoms with E-state index in [0.717, 1.165) is 11.3 Å². The summed E-state index contributed by atoms with van der Waals surface area (Å²) in [6.07, 6.45) is 0. The fraction of sp³-hybridized carbons (Fsp3) is 0.161. The molecule has 3 aromatic carbocycles. The van der Waals surface area contributed by atoms with Crippen LogP contribution in [0.1, 0.15) is 23.0 Å². The highest BCUT2D eigenvalue weighted by Gasteiger charge is 2.21. The van der Waals surface area contributed by atoms with E-state index in [0.29, 0.717) is 51.8 Å². The van der Waals surface area contributed by atoms with Crippen LogP contribution in [0.3, 0.4) is 0 Å². The maximum atomic E-state index is 13.5. The number of amides is 2. The van der Waals surface area contributed by atoms with Crippen molar-refractivity contribution >= 4 is 22.8 Å². The van der Waals surface area contributed by atoms with Crippen molar-refractivity contribution in [2.75, 3.05) is 20.3 Å². The first-order valence-corrected chi connectivity index (χ1v) is 13.0. The average molecular weight is 552 g/mol. The molecule has 10 nitrogen and oxygen atoms in total. The number of pyridine rings is 1. The number of benzene rings is 3. The number of carbonyl (C=O) groups excluding carboxylic acids is 2. The van der Waals surface area contributed by atoms with Crippen molar-refractivity contribution in [1.82, 2.24) is 25.6 Å². The number of hydrazine groups is 1. The predicted molar refractivity (Wildman–Crippen MR) is 154 cm³/mol. The van der Waals surface area contributed by atoms with E-state index in [1.54, 1.807) is 36.1 Å². The molecular weight excluding hydrogens is 522 g/mol. The van der Waals surface area contributed by atoms with Gasteiger partial charge in [-0.2, -0.15) is 5.10 Å². The van der Waals surface area contributed by atoms with Crippen molar-refractivity contribution in [2.45, 2.75) is 13.8 Å². The zero-order valence-corrected chi connectivity index (χ0v) is 22.9. The van der Waals surface area contributed by atoms with Crippen LogP contribution in [0, 0.1) is 6.92 Å². The van der Waals surface area contributed by atoms with Crippen LogP contribution in [-0.4, -0.2) is 46.9 Å². The van der Waals surface area contributed by atoms with Crippen LogP contribution in [-0.2, 0) is 4.79 Å². The number of carbonyl (C=O) groups is 2. The van der Waals surface area contributed by atoms with Crippen LogP contribution < -0.4 is 25.1 Å². The Morgan fingerprint density at radius 3 is 2.24 bits per heavy atom. The summed E-state index contributed by atoms with van der Waals surface area (Å²) in [6.45, 7) is 3.82. The van der Waals surface area contributed by atoms with Gasteiger partial charge in [0.1, 0.15) is 5.75 Å². The quantitative estimate of drug-likeness (QED) is 0.256. The van der Waals surface area contributed by atoms with E-state index in [2.05, 4.69) is 16.0 Å². The molecule has 41 heavy (non-hydrogen) atoms. The standard InChI is InChI=1S/C31H29N5O5/c1-4-40-26-12-8-9-13-27(26)41-19-28(37)33-34-31(38)24-18-25(21-14-16-23(39-3)17-15-21)32-30-29(24)20(2)35-36(30)22-10-6-5-7-11-22/h5-18H,4,19H2,1-3H3,(H,33,37)(H,34,38). The highest BCUT2D eigenvalue weighted by Crippen LogP contribution is 2.30. The van der Waals surface area contributed by atoms with Crippen molar-refractivity contribution in [2.24, 2.45) is 0 Å². The van der Waals surface area contributed by atoms with Gasteiger partial charge < -0.3 is 14.2 Å². The van der Waals surface area contributed by atoms with Gasteiger partial charge in [-0.05, 0) is 68.4 Å². The molecule has 0 atom stereocenters. The third-order valence-corrected chi connectivity index (χ3v) is 6.27. The van der Waals surface area contributed by atoms with Crippen LogP contribution in [0.5, 0.6) is 17.2 Å². The zero-order chi connectivity index (χ0) is 28.8. The fourth-order valence-electron chi connectivity index (χ4n) is 4.34. The summed E-state index contributed by atoms with van der Waals surface area (Å²) in [5.74, 6) is 0.600. The number of rotatable bonds is 9. The lowest BCUT2D eigenvalue weighted by Crippen LogP contribution is -2.44. The molecule has 0 radical (unpaired) electrons. The molecule has 2 heterocycles. The van der Waals surface area contributed by atoms with Gasteiger partial charge in [0.05, 0.1) is 41.7 Å². The van der Waals surface area contributed by atoms with Gasteiger partial charge in [0.25, 0.3) is 11.8 Å².